The normalized spacial score (nSPS) is 11.2. The van der Waals surface area contributed by atoms with Crippen LogP contribution in [0.15, 0.2) is 0 Å². The Morgan fingerprint density at radius 1 is 0.636 bits per heavy atom. The lowest BCUT2D eigenvalue weighted by Crippen LogP contribution is -2.45. The molecule has 0 bridgehead atoms. The topological polar surface area (TPSA) is 110 Å². The summed E-state index contributed by atoms with van der Waals surface area (Å²) in [6.07, 6.45) is 21.8. The minimum atomic E-state index is -0.672. The summed E-state index contributed by atoms with van der Waals surface area (Å²) in [5.74, 6) is 0.340. The van der Waals surface area contributed by atoms with Crippen LogP contribution in [0.25, 0.3) is 0 Å². The van der Waals surface area contributed by atoms with Gasteiger partial charge in [0.25, 0.3) is 0 Å². The average Bonchev–Trinajstić information content (AvgIpc) is 2.82. The molecule has 6 N–H and O–H groups in total. The second-order valence-electron chi connectivity index (χ2n) is 9.09. The van der Waals surface area contributed by atoms with Crippen molar-refractivity contribution in [2.24, 2.45) is 17.4 Å². The Kier molecular flexibility index (Phi) is 25.2. The van der Waals surface area contributed by atoms with Gasteiger partial charge in [-0.15, -0.1) is 0 Å². The van der Waals surface area contributed by atoms with Crippen molar-refractivity contribution >= 4 is 23.6 Å². The van der Waals surface area contributed by atoms with E-state index in [4.69, 9.17) is 11.5 Å². The number of nitrogens with two attached hydrogens (primary N) is 2. The van der Waals surface area contributed by atoms with Crippen molar-refractivity contribution in [2.75, 3.05) is 37.7 Å². The van der Waals surface area contributed by atoms with Gasteiger partial charge in [-0.05, 0) is 12.2 Å². The third kappa shape index (κ3) is 21.5. The number of carbonyl (C=O) groups excluding carboxylic acids is 2. The molecule has 0 spiro atoms. The van der Waals surface area contributed by atoms with Gasteiger partial charge >= 0.3 is 0 Å². The first kappa shape index (κ1) is 32.2. The Morgan fingerprint density at radius 2 is 1.00 bits per heavy atom. The van der Waals surface area contributed by atoms with Crippen molar-refractivity contribution in [2.45, 2.75) is 110 Å². The van der Waals surface area contributed by atoms with Crippen molar-refractivity contribution in [1.29, 1.82) is 0 Å². The van der Waals surface area contributed by atoms with Crippen LogP contribution in [0.5, 0.6) is 0 Å². The molecule has 0 radical (unpaired) electrons. The summed E-state index contributed by atoms with van der Waals surface area (Å²) < 4.78 is 0. The summed E-state index contributed by atoms with van der Waals surface area (Å²) >= 11 is 1.69. The highest BCUT2D eigenvalue weighted by Gasteiger charge is 2.25. The number of hydrogen-bond acceptors (Lipinski definition) is 5. The van der Waals surface area contributed by atoms with Crippen LogP contribution in [0.4, 0.5) is 0 Å². The molecule has 2 amide bonds. The summed E-state index contributed by atoms with van der Waals surface area (Å²) in [4.78, 5) is 24.5. The van der Waals surface area contributed by atoms with Crippen molar-refractivity contribution < 1.29 is 9.59 Å². The number of hydrogen-bond donors (Lipinski definition) is 4. The smallest absolute Gasteiger partial charge is 0.233 e. The number of unbranched alkanes of at least 4 members (excludes halogenated alkanes) is 15. The lowest BCUT2D eigenvalue weighted by molar-refractivity contribution is -0.134. The Hall–Kier alpha value is -0.790. The van der Waals surface area contributed by atoms with Gasteiger partial charge < -0.3 is 22.1 Å². The number of thioether (sulfide) groups is 1. The third-order valence-electron chi connectivity index (χ3n) is 5.95. The van der Waals surface area contributed by atoms with E-state index < -0.39 is 5.92 Å². The minimum absolute atomic E-state index is 0.241. The van der Waals surface area contributed by atoms with E-state index in [0.717, 1.165) is 12.2 Å². The molecule has 0 atom stereocenters. The molecule has 196 valence electrons. The summed E-state index contributed by atoms with van der Waals surface area (Å²) in [6.45, 7) is 3.80. The Balaban J connectivity index is 3.59. The van der Waals surface area contributed by atoms with E-state index in [1.54, 1.807) is 11.8 Å². The average molecular weight is 487 g/mol. The van der Waals surface area contributed by atoms with Gasteiger partial charge in [0.15, 0.2) is 0 Å². The van der Waals surface area contributed by atoms with E-state index in [2.05, 4.69) is 17.6 Å². The van der Waals surface area contributed by atoms with Crippen molar-refractivity contribution in [3.05, 3.63) is 0 Å². The fraction of sp³-hybridized carbons (Fsp3) is 0.923. The lowest BCUT2D eigenvalue weighted by Gasteiger charge is -2.16. The number of rotatable bonds is 25. The molecule has 0 aromatic heterocycles. The van der Waals surface area contributed by atoms with Gasteiger partial charge in [0.2, 0.25) is 11.8 Å². The number of amides is 2. The largest absolute Gasteiger partial charge is 0.354 e. The molecule has 0 saturated carbocycles. The molecule has 0 aromatic carbocycles. The molecule has 0 rings (SSSR count). The highest BCUT2D eigenvalue weighted by atomic mass is 32.2. The summed E-state index contributed by atoms with van der Waals surface area (Å²) in [5.41, 5.74) is 10.9. The predicted octanol–water partition coefficient (Wildman–Crippen LogP) is 4.75. The fourth-order valence-corrected chi connectivity index (χ4v) is 4.97. The second-order valence-corrected chi connectivity index (χ2v) is 10.2. The zero-order chi connectivity index (χ0) is 24.4. The van der Waals surface area contributed by atoms with Crippen LogP contribution in [0.1, 0.15) is 110 Å². The van der Waals surface area contributed by atoms with E-state index in [1.165, 1.54) is 96.3 Å². The van der Waals surface area contributed by atoms with E-state index in [1.807, 2.05) is 0 Å². The quantitative estimate of drug-likeness (QED) is 0.110. The van der Waals surface area contributed by atoms with Gasteiger partial charge in [-0.3, -0.25) is 9.59 Å². The van der Waals surface area contributed by atoms with Gasteiger partial charge in [0.1, 0.15) is 5.92 Å². The maximum absolute atomic E-state index is 12.2. The van der Waals surface area contributed by atoms with Crippen LogP contribution in [-0.4, -0.2) is 49.5 Å². The Morgan fingerprint density at radius 3 is 1.36 bits per heavy atom. The molecular weight excluding hydrogens is 432 g/mol. The van der Waals surface area contributed by atoms with E-state index in [-0.39, 0.29) is 11.8 Å². The minimum Gasteiger partial charge on any atom is -0.354 e. The zero-order valence-corrected chi connectivity index (χ0v) is 22.3. The van der Waals surface area contributed by atoms with Crippen molar-refractivity contribution in [3.63, 3.8) is 0 Å². The molecule has 0 heterocycles. The van der Waals surface area contributed by atoms with E-state index >= 15 is 0 Å². The molecule has 0 aliphatic heterocycles. The van der Waals surface area contributed by atoms with Crippen LogP contribution in [0.2, 0.25) is 0 Å². The monoisotopic (exact) mass is 486 g/mol. The molecule has 6 nitrogen and oxygen atoms in total. The van der Waals surface area contributed by atoms with Crippen LogP contribution < -0.4 is 22.1 Å². The second kappa shape index (κ2) is 25.8. The first-order chi connectivity index (χ1) is 16.2. The molecule has 0 unspecified atom stereocenters. The lowest BCUT2D eigenvalue weighted by atomic mass is 10.0. The highest BCUT2D eigenvalue weighted by Crippen LogP contribution is 2.16. The van der Waals surface area contributed by atoms with Crippen LogP contribution in [0.3, 0.4) is 0 Å². The van der Waals surface area contributed by atoms with Crippen molar-refractivity contribution in [3.8, 4) is 0 Å². The first-order valence-corrected chi connectivity index (χ1v) is 14.9. The van der Waals surface area contributed by atoms with Gasteiger partial charge in [-0.1, -0.05) is 103 Å². The molecule has 0 aliphatic carbocycles. The molecule has 0 aliphatic rings. The van der Waals surface area contributed by atoms with Crippen LogP contribution in [-0.2, 0) is 9.59 Å². The standard InChI is InChI=1S/C26H54N4O2S/c1-2-3-4-5-6-7-8-9-10-11-12-13-14-15-16-17-22-33-23-24(25(31)29-20-18-27)26(32)30-21-19-28/h24H,2-23,27-28H2,1H3,(H,29,31)(H,30,32). The van der Waals surface area contributed by atoms with Gasteiger partial charge in [-0.2, -0.15) is 11.8 Å². The maximum atomic E-state index is 12.2. The fourth-order valence-electron chi connectivity index (χ4n) is 3.86. The predicted molar refractivity (Wildman–Crippen MR) is 144 cm³/mol. The molecular formula is C26H54N4O2S. The molecule has 0 saturated heterocycles. The summed E-state index contributed by atoms with van der Waals surface area (Å²) in [7, 11) is 0. The Labute approximate surface area is 208 Å². The van der Waals surface area contributed by atoms with E-state index in [9.17, 15) is 9.59 Å². The Bertz CT molecular complexity index is 432. The summed E-state index contributed by atoms with van der Waals surface area (Å²) in [5, 5.41) is 5.46. The van der Waals surface area contributed by atoms with Gasteiger partial charge in [0.05, 0.1) is 0 Å². The molecule has 0 fully saturated rings. The van der Waals surface area contributed by atoms with Crippen molar-refractivity contribution in [1.82, 2.24) is 10.6 Å². The van der Waals surface area contributed by atoms with E-state index in [0.29, 0.717) is 31.9 Å². The number of carbonyl (C=O) groups is 2. The third-order valence-corrected chi connectivity index (χ3v) is 7.09. The highest BCUT2D eigenvalue weighted by molar-refractivity contribution is 7.99. The number of nitrogens with one attached hydrogen (secondary N) is 2. The zero-order valence-electron chi connectivity index (χ0n) is 21.5. The van der Waals surface area contributed by atoms with Gasteiger partial charge in [0, 0.05) is 31.9 Å². The maximum Gasteiger partial charge on any atom is 0.233 e. The van der Waals surface area contributed by atoms with Crippen LogP contribution >= 0.6 is 11.8 Å². The van der Waals surface area contributed by atoms with Crippen LogP contribution in [0, 0.1) is 5.92 Å². The SMILES string of the molecule is CCCCCCCCCCCCCCCCCCSCC(C(=O)NCCN)C(=O)NCCN. The van der Waals surface area contributed by atoms with Gasteiger partial charge in [-0.25, -0.2) is 0 Å². The molecule has 33 heavy (non-hydrogen) atoms. The molecule has 7 heteroatoms. The first-order valence-electron chi connectivity index (χ1n) is 13.7. The molecule has 0 aromatic rings. The summed E-state index contributed by atoms with van der Waals surface area (Å²) in [6, 6.07) is 0.